The first-order valence-electron chi connectivity index (χ1n) is 4.90. The molecule has 2 rings (SSSR count). The summed E-state index contributed by atoms with van der Waals surface area (Å²) in [5.41, 5.74) is 0. The van der Waals surface area contributed by atoms with Crippen LogP contribution in [0.1, 0.15) is 0 Å². The van der Waals surface area contributed by atoms with Crippen LogP contribution in [0.5, 0.6) is 0 Å². The Hall–Kier alpha value is -0.980. The van der Waals surface area contributed by atoms with Gasteiger partial charge in [-0.25, -0.2) is 0 Å². The highest BCUT2D eigenvalue weighted by atomic mass is 16.5. The summed E-state index contributed by atoms with van der Waals surface area (Å²) in [5.74, 6) is -0.552. The zero-order chi connectivity index (χ0) is 10.8. The van der Waals surface area contributed by atoms with Crippen molar-refractivity contribution in [1.29, 1.82) is 0 Å². The number of hydrogen-bond donors (Lipinski definition) is 1. The van der Waals surface area contributed by atoms with Crippen LogP contribution in [0, 0.1) is 0 Å². The SMILES string of the molecule is CO[C@H]1CNCC1N1C(=O)COCC1=O. The quantitative estimate of drug-likeness (QED) is 0.558. The molecule has 1 unspecified atom stereocenters. The highest BCUT2D eigenvalue weighted by molar-refractivity contribution is 5.98. The lowest BCUT2D eigenvalue weighted by atomic mass is 10.1. The molecule has 2 heterocycles. The minimum Gasteiger partial charge on any atom is -0.378 e. The van der Waals surface area contributed by atoms with Gasteiger partial charge in [0, 0.05) is 20.2 Å². The van der Waals surface area contributed by atoms with Gasteiger partial charge in [-0.2, -0.15) is 0 Å². The van der Waals surface area contributed by atoms with Crippen molar-refractivity contribution in [2.75, 3.05) is 33.4 Å². The van der Waals surface area contributed by atoms with Gasteiger partial charge in [0.25, 0.3) is 11.8 Å². The van der Waals surface area contributed by atoms with E-state index in [1.54, 1.807) is 7.11 Å². The summed E-state index contributed by atoms with van der Waals surface area (Å²) >= 11 is 0. The van der Waals surface area contributed by atoms with E-state index in [9.17, 15) is 9.59 Å². The van der Waals surface area contributed by atoms with Gasteiger partial charge in [0.1, 0.15) is 13.2 Å². The van der Waals surface area contributed by atoms with Crippen molar-refractivity contribution in [3.05, 3.63) is 0 Å². The predicted octanol–water partition coefficient (Wildman–Crippen LogP) is -1.64. The van der Waals surface area contributed by atoms with E-state index in [4.69, 9.17) is 9.47 Å². The Kier molecular flexibility index (Phi) is 2.99. The molecule has 6 nitrogen and oxygen atoms in total. The minimum absolute atomic E-state index is 0.0152. The van der Waals surface area contributed by atoms with Gasteiger partial charge in [-0.1, -0.05) is 0 Å². The zero-order valence-corrected chi connectivity index (χ0v) is 8.56. The molecule has 84 valence electrons. The zero-order valence-electron chi connectivity index (χ0n) is 8.56. The fourth-order valence-electron chi connectivity index (χ4n) is 2.01. The average Bonchev–Trinajstić information content (AvgIpc) is 2.65. The van der Waals surface area contributed by atoms with Crippen LogP contribution in [0.3, 0.4) is 0 Å². The molecule has 2 amide bonds. The van der Waals surface area contributed by atoms with E-state index in [0.29, 0.717) is 13.1 Å². The molecule has 0 aliphatic carbocycles. The molecule has 0 aromatic heterocycles. The molecule has 0 saturated carbocycles. The molecule has 0 radical (unpaired) electrons. The van der Waals surface area contributed by atoms with E-state index in [-0.39, 0.29) is 37.2 Å². The molecule has 2 aliphatic heterocycles. The average molecular weight is 214 g/mol. The fraction of sp³-hybridized carbons (Fsp3) is 0.778. The van der Waals surface area contributed by atoms with Crippen LogP contribution in [0.15, 0.2) is 0 Å². The Morgan fingerprint density at radius 3 is 2.60 bits per heavy atom. The molecule has 2 atom stereocenters. The van der Waals surface area contributed by atoms with Crippen LogP contribution in [0.2, 0.25) is 0 Å². The van der Waals surface area contributed by atoms with Crippen molar-refractivity contribution >= 4 is 11.8 Å². The Bertz CT molecular complexity index is 265. The molecular weight excluding hydrogens is 200 g/mol. The first kappa shape index (κ1) is 10.5. The van der Waals surface area contributed by atoms with Crippen molar-refractivity contribution in [3.8, 4) is 0 Å². The van der Waals surface area contributed by atoms with Crippen molar-refractivity contribution in [3.63, 3.8) is 0 Å². The number of morpholine rings is 1. The van der Waals surface area contributed by atoms with Crippen molar-refractivity contribution in [1.82, 2.24) is 10.2 Å². The van der Waals surface area contributed by atoms with E-state index in [0.717, 1.165) is 0 Å². The van der Waals surface area contributed by atoms with Crippen LogP contribution < -0.4 is 5.32 Å². The predicted molar refractivity (Wildman–Crippen MR) is 50.1 cm³/mol. The number of ether oxygens (including phenoxy) is 2. The largest absolute Gasteiger partial charge is 0.378 e. The molecule has 1 N–H and O–H groups in total. The molecule has 0 bridgehead atoms. The van der Waals surface area contributed by atoms with Gasteiger partial charge in [0.15, 0.2) is 0 Å². The van der Waals surface area contributed by atoms with Crippen LogP contribution >= 0.6 is 0 Å². The second-order valence-corrected chi connectivity index (χ2v) is 3.65. The fourth-order valence-corrected chi connectivity index (χ4v) is 2.01. The van der Waals surface area contributed by atoms with Crippen LogP contribution in [0.25, 0.3) is 0 Å². The van der Waals surface area contributed by atoms with Gasteiger partial charge in [-0.15, -0.1) is 0 Å². The third-order valence-electron chi connectivity index (χ3n) is 2.75. The molecule has 2 aliphatic rings. The summed E-state index contributed by atoms with van der Waals surface area (Å²) in [5, 5.41) is 3.10. The van der Waals surface area contributed by atoms with Gasteiger partial charge in [-0.05, 0) is 0 Å². The number of carbonyl (C=O) groups excluding carboxylic acids is 2. The van der Waals surface area contributed by atoms with Gasteiger partial charge in [-0.3, -0.25) is 14.5 Å². The first-order chi connectivity index (χ1) is 7.24. The third kappa shape index (κ3) is 1.88. The van der Waals surface area contributed by atoms with E-state index in [1.807, 2.05) is 0 Å². The van der Waals surface area contributed by atoms with Crippen LogP contribution in [-0.2, 0) is 19.1 Å². The lowest BCUT2D eigenvalue weighted by molar-refractivity contribution is -0.163. The number of nitrogens with zero attached hydrogens (tertiary/aromatic N) is 1. The van der Waals surface area contributed by atoms with Crippen molar-refractivity contribution in [2.24, 2.45) is 0 Å². The van der Waals surface area contributed by atoms with Gasteiger partial charge in [0.2, 0.25) is 0 Å². The standard InChI is InChI=1S/C9H14N2O4/c1-14-7-3-10-2-6(7)11-8(12)4-15-5-9(11)13/h6-7,10H,2-5H2,1H3/t6?,7-/m0/s1. The third-order valence-corrected chi connectivity index (χ3v) is 2.75. The molecule has 0 aromatic carbocycles. The van der Waals surface area contributed by atoms with E-state index in [2.05, 4.69) is 5.32 Å². The monoisotopic (exact) mass is 214 g/mol. The van der Waals surface area contributed by atoms with Gasteiger partial charge in [0.05, 0.1) is 12.1 Å². The molecular formula is C9H14N2O4. The Morgan fingerprint density at radius 1 is 1.33 bits per heavy atom. The highest BCUT2D eigenvalue weighted by Crippen LogP contribution is 2.15. The van der Waals surface area contributed by atoms with E-state index >= 15 is 0 Å². The number of hydrogen-bond acceptors (Lipinski definition) is 5. The highest BCUT2D eigenvalue weighted by Gasteiger charge is 2.40. The maximum absolute atomic E-state index is 11.5. The molecule has 0 spiro atoms. The van der Waals surface area contributed by atoms with Crippen LogP contribution in [-0.4, -0.2) is 62.3 Å². The molecule has 6 heteroatoms. The second kappa shape index (κ2) is 4.26. The van der Waals surface area contributed by atoms with E-state index < -0.39 is 0 Å². The number of carbonyl (C=O) groups is 2. The Balaban J connectivity index is 2.13. The lowest BCUT2D eigenvalue weighted by Crippen LogP contribution is -2.55. The minimum atomic E-state index is -0.276. The normalized spacial score (nSPS) is 32.5. The summed E-state index contributed by atoms with van der Waals surface area (Å²) < 4.78 is 10.1. The number of nitrogens with one attached hydrogen (secondary N) is 1. The first-order valence-corrected chi connectivity index (χ1v) is 4.90. The summed E-state index contributed by atoms with van der Waals surface area (Å²) in [6.45, 7) is 1.23. The number of amides is 2. The number of methoxy groups -OCH3 is 1. The number of rotatable bonds is 2. The van der Waals surface area contributed by atoms with Crippen LogP contribution in [0.4, 0.5) is 0 Å². The van der Waals surface area contributed by atoms with E-state index in [1.165, 1.54) is 4.90 Å². The van der Waals surface area contributed by atoms with Gasteiger partial charge >= 0.3 is 0 Å². The van der Waals surface area contributed by atoms with Crippen molar-refractivity contribution < 1.29 is 19.1 Å². The Morgan fingerprint density at radius 2 is 2.00 bits per heavy atom. The Labute approximate surface area is 87.5 Å². The lowest BCUT2D eigenvalue weighted by Gasteiger charge is -2.32. The summed E-state index contributed by atoms with van der Waals surface area (Å²) in [7, 11) is 1.58. The van der Waals surface area contributed by atoms with Gasteiger partial charge < -0.3 is 14.8 Å². The van der Waals surface area contributed by atoms with Crippen molar-refractivity contribution in [2.45, 2.75) is 12.1 Å². The molecule has 0 aromatic rings. The number of imide groups is 1. The summed E-state index contributed by atoms with van der Waals surface area (Å²) in [6, 6.07) is -0.195. The molecule has 2 fully saturated rings. The molecule has 2 saturated heterocycles. The smallest absolute Gasteiger partial charge is 0.255 e. The maximum atomic E-state index is 11.5. The maximum Gasteiger partial charge on any atom is 0.255 e. The molecule has 15 heavy (non-hydrogen) atoms. The summed E-state index contributed by atoms with van der Waals surface area (Å²) in [4.78, 5) is 24.4. The topological polar surface area (TPSA) is 67.9 Å². The second-order valence-electron chi connectivity index (χ2n) is 3.65. The summed E-state index contributed by atoms with van der Waals surface area (Å²) in [6.07, 6.45) is -0.115.